The van der Waals surface area contributed by atoms with Crippen molar-refractivity contribution < 1.29 is 9.90 Å². The standard InChI is InChI=1S/C11H11N3O2S/c1-7-2-3-8(6-9(7)15)14(10(12)16)11-13-4-5-17-11/h2-6,15H,1H3,(H2,12,16). The molecule has 0 aliphatic heterocycles. The van der Waals surface area contributed by atoms with Crippen LogP contribution in [-0.2, 0) is 0 Å². The summed E-state index contributed by atoms with van der Waals surface area (Å²) >= 11 is 1.30. The van der Waals surface area contributed by atoms with Gasteiger partial charge in [0.2, 0.25) is 0 Å². The minimum atomic E-state index is -0.636. The Hall–Kier alpha value is -2.08. The molecule has 0 fully saturated rings. The number of aromatic hydroxyl groups is 1. The highest BCUT2D eigenvalue weighted by Gasteiger charge is 2.18. The Kier molecular flexibility index (Phi) is 2.97. The summed E-state index contributed by atoms with van der Waals surface area (Å²) in [4.78, 5) is 16.7. The first kappa shape index (κ1) is 11.4. The SMILES string of the molecule is Cc1ccc(N(C(N)=O)c2nccs2)cc1O. The molecule has 88 valence electrons. The lowest BCUT2D eigenvalue weighted by molar-refractivity contribution is 0.256. The number of nitrogens with two attached hydrogens (primary N) is 1. The molecule has 2 rings (SSSR count). The number of aromatic nitrogens is 1. The average molecular weight is 249 g/mol. The summed E-state index contributed by atoms with van der Waals surface area (Å²) in [5, 5.41) is 11.9. The molecule has 0 aliphatic rings. The van der Waals surface area contributed by atoms with Gasteiger partial charge in [0.25, 0.3) is 0 Å². The molecule has 6 heteroatoms. The maximum Gasteiger partial charge on any atom is 0.325 e. The number of nitrogens with zero attached hydrogens (tertiary/aromatic N) is 2. The van der Waals surface area contributed by atoms with Crippen molar-refractivity contribution in [3.63, 3.8) is 0 Å². The van der Waals surface area contributed by atoms with Crippen LogP contribution in [0.15, 0.2) is 29.8 Å². The third-order valence-electron chi connectivity index (χ3n) is 2.28. The number of urea groups is 1. The molecular formula is C11H11N3O2S. The quantitative estimate of drug-likeness (QED) is 0.857. The van der Waals surface area contributed by atoms with Gasteiger partial charge >= 0.3 is 6.03 Å². The smallest absolute Gasteiger partial charge is 0.325 e. The highest BCUT2D eigenvalue weighted by Crippen LogP contribution is 2.30. The van der Waals surface area contributed by atoms with Crippen LogP contribution in [0.5, 0.6) is 5.75 Å². The number of rotatable bonds is 2. The summed E-state index contributed by atoms with van der Waals surface area (Å²) in [6, 6.07) is 4.28. The van der Waals surface area contributed by atoms with Crippen molar-refractivity contribution in [1.82, 2.24) is 4.98 Å². The number of benzene rings is 1. The molecule has 2 amide bonds. The van der Waals surface area contributed by atoms with Crippen LogP contribution in [0.25, 0.3) is 0 Å². The molecule has 0 unspecified atom stereocenters. The minimum absolute atomic E-state index is 0.116. The molecule has 17 heavy (non-hydrogen) atoms. The van der Waals surface area contributed by atoms with Gasteiger partial charge in [0.05, 0.1) is 5.69 Å². The van der Waals surface area contributed by atoms with Gasteiger partial charge in [-0.05, 0) is 18.6 Å². The summed E-state index contributed by atoms with van der Waals surface area (Å²) in [5.74, 6) is 0.116. The number of phenolic OH excluding ortho intramolecular Hbond substituents is 1. The van der Waals surface area contributed by atoms with E-state index < -0.39 is 6.03 Å². The van der Waals surface area contributed by atoms with E-state index in [-0.39, 0.29) is 5.75 Å². The second-order valence-electron chi connectivity index (χ2n) is 3.46. The first-order valence-electron chi connectivity index (χ1n) is 4.88. The molecule has 5 nitrogen and oxygen atoms in total. The molecule has 0 saturated carbocycles. The number of hydrogen-bond acceptors (Lipinski definition) is 4. The highest BCUT2D eigenvalue weighted by molar-refractivity contribution is 7.13. The van der Waals surface area contributed by atoms with Crippen molar-refractivity contribution in [3.8, 4) is 5.75 Å². The van der Waals surface area contributed by atoms with Gasteiger partial charge in [-0.3, -0.25) is 0 Å². The number of primary amides is 1. The number of aryl methyl sites for hydroxylation is 1. The third kappa shape index (κ3) is 2.21. The first-order valence-corrected chi connectivity index (χ1v) is 5.76. The second-order valence-corrected chi connectivity index (χ2v) is 4.33. The number of carbonyl (C=O) groups is 1. The lowest BCUT2D eigenvalue weighted by atomic mass is 10.2. The molecule has 0 atom stereocenters. The van der Waals surface area contributed by atoms with Gasteiger partial charge in [0.1, 0.15) is 5.75 Å². The van der Waals surface area contributed by atoms with E-state index in [1.165, 1.54) is 22.3 Å². The fourth-order valence-corrected chi connectivity index (χ4v) is 2.06. The molecule has 0 radical (unpaired) electrons. The molecule has 0 saturated heterocycles. The number of carbonyl (C=O) groups excluding carboxylic acids is 1. The van der Waals surface area contributed by atoms with E-state index in [9.17, 15) is 9.90 Å². The van der Waals surface area contributed by atoms with Gasteiger partial charge in [-0.1, -0.05) is 6.07 Å². The van der Waals surface area contributed by atoms with E-state index in [1.807, 2.05) is 0 Å². The Morgan fingerprint density at radius 3 is 2.82 bits per heavy atom. The fourth-order valence-electron chi connectivity index (χ4n) is 1.40. The van der Waals surface area contributed by atoms with E-state index in [0.29, 0.717) is 10.8 Å². The van der Waals surface area contributed by atoms with Gasteiger partial charge in [0, 0.05) is 17.6 Å². The topological polar surface area (TPSA) is 79.5 Å². The van der Waals surface area contributed by atoms with Crippen molar-refractivity contribution in [1.29, 1.82) is 0 Å². The van der Waals surface area contributed by atoms with E-state index >= 15 is 0 Å². The summed E-state index contributed by atoms with van der Waals surface area (Å²) in [5.41, 5.74) is 6.55. The number of thiazole rings is 1. The van der Waals surface area contributed by atoms with Gasteiger partial charge in [0.15, 0.2) is 5.13 Å². The Morgan fingerprint density at radius 2 is 2.29 bits per heavy atom. The van der Waals surface area contributed by atoms with Crippen molar-refractivity contribution in [2.75, 3.05) is 4.90 Å². The lowest BCUT2D eigenvalue weighted by Gasteiger charge is -2.17. The Balaban J connectivity index is 2.47. The van der Waals surface area contributed by atoms with Crippen LogP contribution in [0.4, 0.5) is 15.6 Å². The van der Waals surface area contributed by atoms with Crippen LogP contribution in [-0.4, -0.2) is 16.1 Å². The van der Waals surface area contributed by atoms with Crippen molar-refractivity contribution in [2.45, 2.75) is 6.92 Å². The van der Waals surface area contributed by atoms with Crippen LogP contribution < -0.4 is 10.6 Å². The maximum absolute atomic E-state index is 11.4. The van der Waals surface area contributed by atoms with Gasteiger partial charge in [-0.2, -0.15) is 0 Å². The molecule has 3 N–H and O–H groups in total. The molecule has 0 bridgehead atoms. The molecule has 0 spiro atoms. The molecule has 1 heterocycles. The zero-order chi connectivity index (χ0) is 12.4. The normalized spacial score (nSPS) is 10.2. The van der Waals surface area contributed by atoms with Crippen LogP contribution in [0.3, 0.4) is 0 Å². The van der Waals surface area contributed by atoms with Crippen molar-refractivity contribution in [3.05, 3.63) is 35.3 Å². The minimum Gasteiger partial charge on any atom is -0.508 e. The number of amides is 2. The Morgan fingerprint density at radius 1 is 1.53 bits per heavy atom. The van der Waals surface area contributed by atoms with Gasteiger partial charge in [-0.25, -0.2) is 14.7 Å². The first-order chi connectivity index (χ1) is 8.09. The average Bonchev–Trinajstić information content (AvgIpc) is 2.76. The van der Waals surface area contributed by atoms with Crippen LogP contribution >= 0.6 is 11.3 Å². The van der Waals surface area contributed by atoms with E-state index in [4.69, 9.17) is 5.73 Å². The monoisotopic (exact) mass is 249 g/mol. The molecular weight excluding hydrogens is 238 g/mol. The molecule has 1 aromatic heterocycles. The Labute approximate surface area is 102 Å². The van der Waals surface area contributed by atoms with E-state index in [2.05, 4.69) is 4.98 Å². The summed E-state index contributed by atoms with van der Waals surface area (Å²) < 4.78 is 0. The van der Waals surface area contributed by atoms with Crippen LogP contribution in [0.1, 0.15) is 5.56 Å². The van der Waals surface area contributed by atoms with E-state index in [0.717, 1.165) is 5.56 Å². The number of phenols is 1. The predicted molar refractivity (Wildman–Crippen MR) is 66.7 cm³/mol. The maximum atomic E-state index is 11.4. The summed E-state index contributed by atoms with van der Waals surface area (Å²) in [6.07, 6.45) is 1.59. The lowest BCUT2D eigenvalue weighted by Crippen LogP contribution is -2.31. The molecule has 1 aromatic carbocycles. The van der Waals surface area contributed by atoms with Gasteiger partial charge < -0.3 is 10.8 Å². The third-order valence-corrected chi connectivity index (χ3v) is 3.04. The summed E-state index contributed by atoms with van der Waals surface area (Å²) in [6.45, 7) is 1.77. The second kappa shape index (κ2) is 4.42. The molecule has 0 aliphatic carbocycles. The van der Waals surface area contributed by atoms with Gasteiger partial charge in [-0.15, -0.1) is 11.3 Å². The zero-order valence-corrected chi connectivity index (χ0v) is 9.94. The van der Waals surface area contributed by atoms with Crippen molar-refractivity contribution >= 4 is 28.2 Å². The highest BCUT2D eigenvalue weighted by atomic mass is 32.1. The Bertz CT molecular complexity index is 540. The summed E-state index contributed by atoms with van der Waals surface area (Å²) in [7, 11) is 0. The fraction of sp³-hybridized carbons (Fsp3) is 0.0909. The number of hydrogen-bond donors (Lipinski definition) is 2. The predicted octanol–water partition coefficient (Wildman–Crippen LogP) is 2.37. The van der Waals surface area contributed by atoms with E-state index in [1.54, 1.807) is 30.6 Å². The molecule has 2 aromatic rings. The zero-order valence-electron chi connectivity index (χ0n) is 9.12. The van der Waals surface area contributed by atoms with Crippen molar-refractivity contribution in [2.24, 2.45) is 5.73 Å². The van der Waals surface area contributed by atoms with Crippen LogP contribution in [0.2, 0.25) is 0 Å². The van der Waals surface area contributed by atoms with Crippen LogP contribution in [0, 0.1) is 6.92 Å². The number of anilines is 2. The largest absolute Gasteiger partial charge is 0.508 e.